The maximum Gasteiger partial charge on any atom is 0.224 e. The van der Waals surface area contributed by atoms with E-state index in [9.17, 15) is 4.79 Å². The minimum Gasteiger partial charge on any atom is -0.356 e. The Balaban J connectivity index is 1.61. The Bertz CT molecular complexity index is 247. The summed E-state index contributed by atoms with van der Waals surface area (Å²) in [7, 11) is 0. The fourth-order valence-electron chi connectivity index (χ4n) is 2.83. The molecule has 2 N–H and O–H groups in total. The van der Waals surface area contributed by atoms with Gasteiger partial charge in [0.2, 0.25) is 5.91 Å². The molecule has 3 unspecified atom stereocenters. The smallest absolute Gasteiger partial charge is 0.224 e. The van der Waals surface area contributed by atoms with E-state index in [4.69, 9.17) is 0 Å². The quantitative estimate of drug-likeness (QED) is 0.692. The second-order valence-electron chi connectivity index (χ2n) is 4.88. The summed E-state index contributed by atoms with van der Waals surface area (Å²) in [5.41, 5.74) is 0. The highest BCUT2D eigenvalue weighted by molar-refractivity contribution is 7.98. The molecule has 2 rings (SSSR count). The molecule has 2 fully saturated rings. The van der Waals surface area contributed by atoms with Crippen molar-refractivity contribution in [3.63, 3.8) is 0 Å². The van der Waals surface area contributed by atoms with Crippen molar-refractivity contribution in [3.05, 3.63) is 0 Å². The molecule has 92 valence electrons. The van der Waals surface area contributed by atoms with Gasteiger partial charge in [0.15, 0.2) is 0 Å². The van der Waals surface area contributed by atoms with Crippen molar-refractivity contribution in [3.8, 4) is 0 Å². The predicted octanol–water partition coefficient (Wildman–Crippen LogP) is 1.39. The normalized spacial score (nSPS) is 31.9. The van der Waals surface area contributed by atoms with Crippen LogP contribution in [0.15, 0.2) is 0 Å². The summed E-state index contributed by atoms with van der Waals surface area (Å²) >= 11 is 1.87. The van der Waals surface area contributed by atoms with Gasteiger partial charge in [-0.3, -0.25) is 4.79 Å². The lowest BCUT2D eigenvalue weighted by atomic mass is 9.88. The van der Waals surface area contributed by atoms with Gasteiger partial charge in [0.1, 0.15) is 0 Å². The third-order valence-corrected chi connectivity index (χ3v) is 4.41. The first kappa shape index (κ1) is 12.2. The molecule has 0 radical (unpaired) electrons. The standard InChI is InChI=1S/C12H22N2OS/c1-16-7-3-2-6-13-12(15)10-8-9-4-5-11(10)14-9/h9-11,14H,2-8H2,1H3,(H,13,15). The van der Waals surface area contributed by atoms with Crippen molar-refractivity contribution in [1.82, 2.24) is 10.6 Å². The van der Waals surface area contributed by atoms with Gasteiger partial charge < -0.3 is 10.6 Å². The van der Waals surface area contributed by atoms with Crippen LogP contribution in [0.25, 0.3) is 0 Å². The minimum absolute atomic E-state index is 0.249. The Kier molecular flexibility index (Phi) is 4.53. The van der Waals surface area contributed by atoms with Crippen LogP contribution in [0.4, 0.5) is 0 Å². The molecule has 3 atom stereocenters. The Morgan fingerprint density at radius 3 is 2.94 bits per heavy atom. The Morgan fingerprint density at radius 1 is 1.44 bits per heavy atom. The van der Waals surface area contributed by atoms with Crippen LogP contribution in [0.5, 0.6) is 0 Å². The predicted molar refractivity (Wildman–Crippen MR) is 68.7 cm³/mol. The number of fused-ring (bicyclic) bond motifs is 2. The summed E-state index contributed by atoms with van der Waals surface area (Å²) in [4.78, 5) is 11.9. The number of carbonyl (C=O) groups is 1. The summed E-state index contributed by atoms with van der Waals surface area (Å²) < 4.78 is 0. The average Bonchev–Trinajstić information content (AvgIpc) is 2.90. The van der Waals surface area contributed by atoms with Crippen LogP contribution in [0.1, 0.15) is 32.1 Å². The Hall–Kier alpha value is -0.220. The topological polar surface area (TPSA) is 41.1 Å². The van der Waals surface area contributed by atoms with Crippen LogP contribution >= 0.6 is 11.8 Å². The number of thioether (sulfide) groups is 1. The molecule has 2 saturated heterocycles. The monoisotopic (exact) mass is 242 g/mol. The van der Waals surface area contributed by atoms with E-state index in [-0.39, 0.29) is 11.8 Å². The van der Waals surface area contributed by atoms with Gasteiger partial charge in [-0.05, 0) is 44.1 Å². The van der Waals surface area contributed by atoms with Gasteiger partial charge in [0.25, 0.3) is 0 Å². The van der Waals surface area contributed by atoms with E-state index in [2.05, 4.69) is 16.9 Å². The summed E-state index contributed by atoms with van der Waals surface area (Å²) in [6, 6.07) is 1.09. The van der Waals surface area contributed by atoms with Crippen molar-refractivity contribution < 1.29 is 4.79 Å². The first-order valence-corrected chi connectivity index (χ1v) is 7.73. The largest absolute Gasteiger partial charge is 0.356 e. The number of rotatable bonds is 6. The molecule has 4 heteroatoms. The molecule has 2 aliphatic rings. The molecule has 0 saturated carbocycles. The molecule has 0 aliphatic carbocycles. The summed E-state index contributed by atoms with van der Waals surface area (Å²) in [5.74, 6) is 1.73. The summed E-state index contributed by atoms with van der Waals surface area (Å²) in [5, 5.41) is 6.59. The lowest BCUT2D eigenvalue weighted by Crippen LogP contribution is -2.37. The number of hydrogen-bond donors (Lipinski definition) is 2. The highest BCUT2D eigenvalue weighted by Gasteiger charge is 2.42. The van der Waals surface area contributed by atoms with Gasteiger partial charge in [0.05, 0.1) is 5.92 Å². The third kappa shape index (κ3) is 2.92. The van der Waals surface area contributed by atoms with Crippen molar-refractivity contribution in [2.45, 2.75) is 44.2 Å². The van der Waals surface area contributed by atoms with Gasteiger partial charge in [-0.15, -0.1) is 0 Å². The molecule has 1 amide bonds. The van der Waals surface area contributed by atoms with E-state index in [1.165, 1.54) is 25.0 Å². The maximum atomic E-state index is 11.9. The third-order valence-electron chi connectivity index (χ3n) is 3.71. The minimum atomic E-state index is 0.249. The number of hydrogen-bond acceptors (Lipinski definition) is 3. The first-order valence-electron chi connectivity index (χ1n) is 6.34. The average molecular weight is 242 g/mol. The van der Waals surface area contributed by atoms with Crippen LogP contribution in [0.3, 0.4) is 0 Å². The van der Waals surface area contributed by atoms with Crippen LogP contribution < -0.4 is 10.6 Å². The molecule has 2 bridgehead atoms. The van der Waals surface area contributed by atoms with Crippen molar-refractivity contribution in [1.29, 1.82) is 0 Å². The molecule has 2 aliphatic heterocycles. The van der Waals surface area contributed by atoms with E-state index in [0.717, 1.165) is 19.4 Å². The molecular formula is C12H22N2OS. The Morgan fingerprint density at radius 2 is 2.31 bits per heavy atom. The fraction of sp³-hybridized carbons (Fsp3) is 0.917. The zero-order chi connectivity index (χ0) is 11.4. The van der Waals surface area contributed by atoms with Gasteiger partial charge in [-0.1, -0.05) is 0 Å². The number of amides is 1. The van der Waals surface area contributed by atoms with E-state index in [1.807, 2.05) is 11.8 Å². The van der Waals surface area contributed by atoms with E-state index in [0.29, 0.717) is 12.1 Å². The van der Waals surface area contributed by atoms with Gasteiger partial charge >= 0.3 is 0 Å². The van der Waals surface area contributed by atoms with Crippen molar-refractivity contribution in [2.75, 3.05) is 18.6 Å². The zero-order valence-corrected chi connectivity index (χ0v) is 10.8. The second-order valence-corrected chi connectivity index (χ2v) is 5.87. The number of nitrogens with one attached hydrogen (secondary N) is 2. The van der Waals surface area contributed by atoms with E-state index in [1.54, 1.807) is 0 Å². The molecular weight excluding hydrogens is 220 g/mol. The molecule has 2 heterocycles. The van der Waals surface area contributed by atoms with Crippen molar-refractivity contribution >= 4 is 17.7 Å². The number of carbonyl (C=O) groups excluding carboxylic acids is 1. The molecule has 3 nitrogen and oxygen atoms in total. The van der Waals surface area contributed by atoms with Gasteiger partial charge in [0, 0.05) is 18.6 Å². The van der Waals surface area contributed by atoms with Gasteiger partial charge in [-0.2, -0.15) is 11.8 Å². The summed E-state index contributed by atoms with van der Waals surface area (Å²) in [6.45, 7) is 0.854. The molecule has 0 aromatic rings. The lowest BCUT2D eigenvalue weighted by Gasteiger charge is -2.19. The number of unbranched alkanes of at least 4 members (excludes halogenated alkanes) is 1. The Labute approximate surface area is 102 Å². The maximum absolute atomic E-state index is 11.9. The van der Waals surface area contributed by atoms with E-state index < -0.39 is 0 Å². The van der Waals surface area contributed by atoms with Crippen LogP contribution in [0, 0.1) is 5.92 Å². The van der Waals surface area contributed by atoms with Crippen LogP contribution in [0.2, 0.25) is 0 Å². The van der Waals surface area contributed by atoms with Crippen LogP contribution in [-0.2, 0) is 4.79 Å². The van der Waals surface area contributed by atoms with Crippen LogP contribution in [-0.4, -0.2) is 36.5 Å². The van der Waals surface area contributed by atoms with Crippen molar-refractivity contribution in [2.24, 2.45) is 5.92 Å². The van der Waals surface area contributed by atoms with Gasteiger partial charge in [-0.25, -0.2) is 0 Å². The summed E-state index contributed by atoms with van der Waals surface area (Å²) in [6.07, 6.45) is 7.95. The second kappa shape index (κ2) is 5.92. The molecule has 0 aromatic carbocycles. The molecule has 0 spiro atoms. The highest BCUT2D eigenvalue weighted by Crippen LogP contribution is 2.33. The highest BCUT2D eigenvalue weighted by atomic mass is 32.2. The van der Waals surface area contributed by atoms with E-state index >= 15 is 0 Å². The lowest BCUT2D eigenvalue weighted by molar-refractivity contribution is -0.125. The first-order chi connectivity index (χ1) is 7.81. The zero-order valence-electron chi connectivity index (χ0n) is 10.00. The molecule has 16 heavy (non-hydrogen) atoms. The molecule has 0 aromatic heterocycles. The SMILES string of the molecule is CSCCCCNC(=O)C1CC2CCC1N2. The fourth-order valence-corrected chi connectivity index (χ4v) is 3.32.